The summed E-state index contributed by atoms with van der Waals surface area (Å²) >= 11 is 0. The van der Waals surface area contributed by atoms with Gasteiger partial charge in [0.05, 0.1) is 0 Å². The van der Waals surface area contributed by atoms with Crippen LogP contribution in [0.2, 0.25) is 0 Å². The molecular weight excluding hydrogens is 186 g/mol. The van der Waals surface area contributed by atoms with Crippen LogP contribution < -0.4 is 0 Å². The molecule has 1 fully saturated rings. The van der Waals surface area contributed by atoms with Gasteiger partial charge in [0.2, 0.25) is 0 Å². The number of aliphatic hydroxyl groups is 1. The van der Waals surface area contributed by atoms with Crippen molar-refractivity contribution in [2.45, 2.75) is 18.8 Å². The van der Waals surface area contributed by atoms with Crippen LogP contribution in [0.5, 0.6) is 0 Å². The van der Waals surface area contributed by atoms with Gasteiger partial charge in [-0.25, -0.2) is 0 Å². The second-order valence-corrected chi connectivity index (χ2v) is 4.44. The number of likely N-dealkylation sites (tertiary alicyclic amines) is 1. The van der Waals surface area contributed by atoms with E-state index in [1.54, 1.807) is 0 Å². The second-order valence-electron chi connectivity index (χ2n) is 4.44. The molecule has 1 N–H and O–H groups in total. The number of aliphatic hydroxyl groups excluding tert-OH is 1. The molecule has 0 amide bonds. The summed E-state index contributed by atoms with van der Waals surface area (Å²) in [6.07, 6.45) is 1.88. The third-order valence-corrected chi connectivity index (χ3v) is 3.16. The summed E-state index contributed by atoms with van der Waals surface area (Å²) in [5, 5.41) is 8.86. The third-order valence-electron chi connectivity index (χ3n) is 3.16. The van der Waals surface area contributed by atoms with E-state index in [0.717, 1.165) is 12.8 Å². The van der Waals surface area contributed by atoms with Gasteiger partial charge in [-0.05, 0) is 31.0 Å². The van der Waals surface area contributed by atoms with Crippen LogP contribution in [0, 0.1) is 0 Å². The predicted molar refractivity (Wildman–Crippen MR) is 62.1 cm³/mol. The quantitative estimate of drug-likeness (QED) is 0.807. The van der Waals surface area contributed by atoms with Gasteiger partial charge in [-0.15, -0.1) is 0 Å². The van der Waals surface area contributed by atoms with Crippen molar-refractivity contribution in [3.05, 3.63) is 35.4 Å². The zero-order chi connectivity index (χ0) is 10.7. The number of rotatable bonds is 4. The smallest absolute Gasteiger partial charge is 0.0434 e. The van der Waals surface area contributed by atoms with Gasteiger partial charge in [-0.2, -0.15) is 0 Å². The Balaban J connectivity index is 2.08. The summed E-state index contributed by atoms with van der Waals surface area (Å²) in [5.41, 5.74) is 2.91. The van der Waals surface area contributed by atoms with Gasteiger partial charge in [0.15, 0.2) is 0 Å². The number of hydrogen-bond donors (Lipinski definition) is 1. The first-order valence-corrected chi connectivity index (χ1v) is 5.68. The molecule has 0 atom stereocenters. The van der Waals surface area contributed by atoms with E-state index in [0.29, 0.717) is 12.5 Å². The second kappa shape index (κ2) is 4.77. The summed E-state index contributed by atoms with van der Waals surface area (Å²) in [6.45, 7) is 2.64. The molecule has 1 saturated heterocycles. The lowest BCUT2D eigenvalue weighted by molar-refractivity contribution is 0.189. The fourth-order valence-electron chi connectivity index (χ4n) is 2.33. The van der Waals surface area contributed by atoms with Gasteiger partial charge in [-0.1, -0.05) is 24.3 Å². The van der Waals surface area contributed by atoms with Crippen LogP contribution in [0.4, 0.5) is 0 Å². The molecule has 1 heterocycles. The summed E-state index contributed by atoms with van der Waals surface area (Å²) in [4.78, 5) is 2.34. The van der Waals surface area contributed by atoms with E-state index in [2.05, 4.69) is 36.2 Å². The highest BCUT2D eigenvalue weighted by atomic mass is 16.2. The van der Waals surface area contributed by atoms with Gasteiger partial charge in [0, 0.05) is 25.6 Å². The minimum absolute atomic E-state index is 0.291. The van der Waals surface area contributed by atoms with Crippen LogP contribution in [-0.4, -0.2) is 36.8 Å². The molecule has 15 heavy (non-hydrogen) atoms. The van der Waals surface area contributed by atoms with Crippen LogP contribution in [0.15, 0.2) is 24.3 Å². The number of benzene rings is 1. The minimum Gasteiger partial charge on any atom is -0.396 e. The van der Waals surface area contributed by atoms with Crippen molar-refractivity contribution < 1.29 is 5.11 Å². The van der Waals surface area contributed by atoms with E-state index in [1.807, 2.05) is 0 Å². The lowest BCUT2D eigenvalue weighted by atomic mass is 9.87. The first kappa shape index (κ1) is 10.7. The van der Waals surface area contributed by atoms with Gasteiger partial charge < -0.3 is 10.0 Å². The predicted octanol–water partition coefficient (Wildman–Crippen LogP) is 1.64. The van der Waals surface area contributed by atoms with Gasteiger partial charge >= 0.3 is 0 Å². The number of aryl methyl sites for hydroxylation is 1. The summed E-state index contributed by atoms with van der Waals surface area (Å²) in [7, 11) is 2.16. The van der Waals surface area contributed by atoms with Crippen LogP contribution >= 0.6 is 0 Å². The molecule has 1 aliphatic rings. The lowest BCUT2D eigenvalue weighted by Gasteiger charge is -2.37. The van der Waals surface area contributed by atoms with Gasteiger partial charge in [0.1, 0.15) is 0 Å². The topological polar surface area (TPSA) is 23.5 Å². The van der Waals surface area contributed by atoms with E-state index in [9.17, 15) is 0 Å². The Morgan fingerprint density at radius 3 is 2.73 bits per heavy atom. The van der Waals surface area contributed by atoms with Crippen LogP contribution in [0.3, 0.4) is 0 Å². The molecule has 0 radical (unpaired) electrons. The molecule has 1 aromatic rings. The minimum atomic E-state index is 0.291. The van der Waals surface area contributed by atoms with Crippen molar-refractivity contribution in [3.63, 3.8) is 0 Å². The van der Waals surface area contributed by atoms with E-state index < -0.39 is 0 Å². The van der Waals surface area contributed by atoms with Crippen LogP contribution in [-0.2, 0) is 6.42 Å². The van der Waals surface area contributed by atoms with Crippen molar-refractivity contribution in [3.8, 4) is 0 Å². The zero-order valence-electron chi connectivity index (χ0n) is 9.32. The SMILES string of the molecule is CN1CC(c2ccccc2CCCO)C1. The van der Waals surface area contributed by atoms with Crippen molar-refractivity contribution in [2.24, 2.45) is 0 Å². The average molecular weight is 205 g/mol. The normalized spacial score (nSPS) is 17.7. The first-order chi connectivity index (χ1) is 7.31. The summed E-state index contributed by atoms with van der Waals surface area (Å²) < 4.78 is 0. The maximum absolute atomic E-state index is 8.86. The van der Waals surface area contributed by atoms with Crippen molar-refractivity contribution in [1.29, 1.82) is 0 Å². The Hall–Kier alpha value is -0.860. The molecule has 0 aromatic heterocycles. The zero-order valence-corrected chi connectivity index (χ0v) is 9.32. The Bertz CT molecular complexity index is 318. The van der Waals surface area contributed by atoms with Crippen molar-refractivity contribution in [2.75, 3.05) is 26.7 Å². The fraction of sp³-hybridized carbons (Fsp3) is 0.538. The molecule has 1 aliphatic heterocycles. The number of nitrogens with zero attached hydrogens (tertiary/aromatic N) is 1. The molecule has 0 saturated carbocycles. The Labute approximate surface area is 91.5 Å². The van der Waals surface area contributed by atoms with Gasteiger partial charge in [-0.3, -0.25) is 0 Å². The molecule has 0 unspecified atom stereocenters. The van der Waals surface area contributed by atoms with Gasteiger partial charge in [0.25, 0.3) is 0 Å². The standard InChI is InChI=1S/C13H19NO/c1-14-9-12(10-14)13-7-3-2-5-11(13)6-4-8-15/h2-3,5,7,12,15H,4,6,8-10H2,1H3. The Kier molecular flexibility index (Phi) is 3.39. The summed E-state index contributed by atoms with van der Waals surface area (Å²) in [6, 6.07) is 8.66. The van der Waals surface area contributed by atoms with Crippen molar-refractivity contribution in [1.82, 2.24) is 4.90 Å². The third kappa shape index (κ3) is 2.39. The molecule has 0 bridgehead atoms. The molecule has 82 valence electrons. The van der Waals surface area contributed by atoms with Crippen LogP contribution in [0.25, 0.3) is 0 Å². The van der Waals surface area contributed by atoms with E-state index in [4.69, 9.17) is 5.11 Å². The molecule has 2 heteroatoms. The van der Waals surface area contributed by atoms with Crippen LogP contribution in [0.1, 0.15) is 23.5 Å². The summed E-state index contributed by atoms with van der Waals surface area (Å²) in [5.74, 6) is 0.713. The first-order valence-electron chi connectivity index (χ1n) is 5.68. The average Bonchev–Trinajstić information content (AvgIpc) is 2.23. The van der Waals surface area contributed by atoms with E-state index in [1.165, 1.54) is 24.2 Å². The maximum atomic E-state index is 8.86. The molecule has 2 rings (SSSR count). The number of likely N-dealkylation sites (N-methyl/N-ethyl adjacent to an activating group) is 1. The molecule has 1 aromatic carbocycles. The molecule has 0 spiro atoms. The Morgan fingerprint density at radius 2 is 2.07 bits per heavy atom. The largest absolute Gasteiger partial charge is 0.396 e. The fourth-order valence-corrected chi connectivity index (χ4v) is 2.33. The monoisotopic (exact) mass is 205 g/mol. The van der Waals surface area contributed by atoms with E-state index in [-0.39, 0.29) is 0 Å². The molecule has 2 nitrogen and oxygen atoms in total. The highest BCUT2D eigenvalue weighted by molar-refractivity contribution is 5.32. The highest BCUT2D eigenvalue weighted by Crippen LogP contribution is 2.28. The van der Waals surface area contributed by atoms with E-state index >= 15 is 0 Å². The maximum Gasteiger partial charge on any atom is 0.0434 e. The van der Waals surface area contributed by atoms with Crippen molar-refractivity contribution >= 4 is 0 Å². The molecule has 0 aliphatic carbocycles. The molecular formula is C13H19NO. The number of hydrogen-bond acceptors (Lipinski definition) is 2. The lowest BCUT2D eigenvalue weighted by Crippen LogP contribution is -2.42. The Morgan fingerprint density at radius 1 is 1.33 bits per heavy atom. The highest BCUT2D eigenvalue weighted by Gasteiger charge is 2.26.